The van der Waals surface area contributed by atoms with E-state index >= 15 is 0 Å². The van der Waals surface area contributed by atoms with Gasteiger partial charge in [-0.3, -0.25) is 4.79 Å². The highest BCUT2D eigenvalue weighted by Crippen LogP contribution is 2.15. The van der Waals surface area contributed by atoms with Crippen molar-refractivity contribution in [2.75, 3.05) is 26.2 Å². The van der Waals surface area contributed by atoms with E-state index in [1.807, 2.05) is 35.2 Å². The van der Waals surface area contributed by atoms with Gasteiger partial charge in [0, 0.05) is 37.3 Å². The van der Waals surface area contributed by atoms with Gasteiger partial charge in [-0.1, -0.05) is 18.2 Å². The molecule has 3 N–H and O–H groups in total. The molecule has 0 aliphatic carbocycles. The van der Waals surface area contributed by atoms with Crippen molar-refractivity contribution in [3.63, 3.8) is 0 Å². The number of rotatable bonds is 3. The second-order valence-corrected chi connectivity index (χ2v) is 6.27. The molecule has 0 aromatic heterocycles. The number of amides is 1. The van der Waals surface area contributed by atoms with Crippen LogP contribution in [0.25, 0.3) is 0 Å². The lowest BCUT2D eigenvalue weighted by Crippen LogP contribution is -2.57. The summed E-state index contributed by atoms with van der Waals surface area (Å²) in [5.41, 5.74) is 0.765. The quantitative estimate of drug-likeness (QED) is 0.747. The van der Waals surface area contributed by atoms with Crippen molar-refractivity contribution < 1.29 is 9.90 Å². The number of aliphatic hydroxyl groups excluding tert-OH is 1. The molecule has 2 aliphatic heterocycles. The van der Waals surface area contributed by atoms with Crippen molar-refractivity contribution in [3.8, 4) is 0 Å². The summed E-state index contributed by atoms with van der Waals surface area (Å²) in [5, 5.41) is 16.9. The van der Waals surface area contributed by atoms with Gasteiger partial charge in [-0.2, -0.15) is 0 Å². The van der Waals surface area contributed by atoms with Gasteiger partial charge in [-0.15, -0.1) is 24.8 Å². The number of nitrogens with one attached hydrogen (secondary N) is 2. The molecule has 1 aromatic rings. The van der Waals surface area contributed by atoms with Crippen LogP contribution in [0.5, 0.6) is 0 Å². The molecule has 0 bridgehead atoms. The van der Waals surface area contributed by atoms with E-state index in [1.54, 1.807) is 0 Å². The molecule has 0 unspecified atom stereocenters. The maximum absolute atomic E-state index is 12.4. The van der Waals surface area contributed by atoms with E-state index in [9.17, 15) is 9.90 Å². The molecule has 0 saturated carbocycles. The molecule has 2 saturated heterocycles. The number of hydrogen-bond acceptors (Lipinski definition) is 4. The van der Waals surface area contributed by atoms with Crippen LogP contribution in [0, 0.1) is 0 Å². The first kappa shape index (κ1) is 21.2. The number of benzene rings is 1. The number of nitrogens with zero attached hydrogens (tertiary/aromatic N) is 1. The molecule has 0 spiro atoms. The Labute approximate surface area is 156 Å². The number of likely N-dealkylation sites (tertiary alicyclic amines) is 1. The molecule has 7 heteroatoms. The molecular weight excluding hydrogens is 349 g/mol. The van der Waals surface area contributed by atoms with Gasteiger partial charge in [0.15, 0.2) is 0 Å². The summed E-state index contributed by atoms with van der Waals surface area (Å²) in [6.07, 6.45) is 2.44. The van der Waals surface area contributed by atoms with Crippen molar-refractivity contribution in [1.29, 1.82) is 0 Å². The first-order chi connectivity index (χ1) is 10.7. The predicted octanol–water partition coefficient (Wildman–Crippen LogP) is 1.45. The summed E-state index contributed by atoms with van der Waals surface area (Å²) in [6, 6.07) is 10.00. The predicted molar refractivity (Wildman–Crippen MR) is 100 cm³/mol. The van der Waals surface area contributed by atoms with Gasteiger partial charge in [0.2, 0.25) is 0 Å². The van der Waals surface area contributed by atoms with Gasteiger partial charge < -0.3 is 20.6 Å². The molecule has 1 aromatic carbocycles. The van der Waals surface area contributed by atoms with Gasteiger partial charge in [-0.05, 0) is 37.9 Å². The van der Waals surface area contributed by atoms with E-state index in [1.165, 1.54) is 0 Å². The molecule has 1 amide bonds. The fourth-order valence-corrected chi connectivity index (χ4v) is 3.33. The molecule has 136 valence electrons. The minimum Gasteiger partial charge on any atom is -0.391 e. The van der Waals surface area contributed by atoms with Gasteiger partial charge >= 0.3 is 0 Å². The topological polar surface area (TPSA) is 64.6 Å². The third-order valence-corrected chi connectivity index (χ3v) is 4.70. The zero-order valence-electron chi connectivity index (χ0n) is 13.7. The fraction of sp³-hybridized carbons (Fsp3) is 0.588. The summed E-state index contributed by atoms with van der Waals surface area (Å²) in [5.74, 6) is 0.124. The Morgan fingerprint density at radius 3 is 2.42 bits per heavy atom. The maximum atomic E-state index is 12.4. The minimum absolute atomic E-state index is 0. The van der Waals surface area contributed by atoms with E-state index in [-0.39, 0.29) is 42.9 Å². The Balaban J connectivity index is 0.00000144. The molecule has 2 heterocycles. The lowest BCUT2D eigenvalue weighted by atomic mass is 9.98. The van der Waals surface area contributed by atoms with Crippen molar-refractivity contribution in [2.45, 2.75) is 37.5 Å². The Kier molecular flexibility index (Phi) is 9.02. The zero-order chi connectivity index (χ0) is 15.4. The van der Waals surface area contributed by atoms with E-state index < -0.39 is 0 Å². The highest BCUT2D eigenvalue weighted by atomic mass is 35.5. The number of carbonyl (C=O) groups is 1. The van der Waals surface area contributed by atoms with Crippen LogP contribution in [-0.2, 0) is 0 Å². The number of hydrogen-bond donors (Lipinski definition) is 3. The largest absolute Gasteiger partial charge is 0.391 e. The van der Waals surface area contributed by atoms with E-state index in [2.05, 4.69) is 10.6 Å². The molecule has 2 atom stereocenters. The molecule has 5 nitrogen and oxygen atoms in total. The summed E-state index contributed by atoms with van der Waals surface area (Å²) in [6.45, 7) is 3.27. The Morgan fingerprint density at radius 1 is 1.12 bits per heavy atom. The van der Waals surface area contributed by atoms with Gasteiger partial charge in [-0.25, -0.2) is 0 Å². The number of aliphatic hydroxyl groups is 1. The Bertz CT molecular complexity index is 496. The smallest absolute Gasteiger partial charge is 0.253 e. The van der Waals surface area contributed by atoms with Gasteiger partial charge in [0.1, 0.15) is 0 Å². The average Bonchev–Trinajstić information content (AvgIpc) is 2.58. The summed E-state index contributed by atoms with van der Waals surface area (Å²) >= 11 is 0. The molecule has 2 aliphatic rings. The molecular formula is C17H27Cl2N3O2. The molecule has 3 rings (SSSR count). The lowest BCUT2D eigenvalue weighted by molar-refractivity contribution is 0.0648. The second-order valence-electron chi connectivity index (χ2n) is 6.27. The first-order valence-electron chi connectivity index (χ1n) is 8.23. The first-order valence-corrected chi connectivity index (χ1v) is 8.23. The summed E-state index contributed by atoms with van der Waals surface area (Å²) < 4.78 is 0. The third-order valence-electron chi connectivity index (χ3n) is 4.70. The molecule has 2 fully saturated rings. The summed E-state index contributed by atoms with van der Waals surface area (Å²) in [4.78, 5) is 14.3. The van der Waals surface area contributed by atoms with Crippen LogP contribution in [0.3, 0.4) is 0 Å². The number of piperidine rings is 2. The van der Waals surface area contributed by atoms with Crippen LogP contribution >= 0.6 is 24.8 Å². The maximum Gasteiger partial charge on any atom is 0.253 e. The van der Waals surface area contributed by atoms with Crippen molar-refractivity contribution in [2.24, 2.45) is 0 Å². The van der Waals surface area contributed by atoms with Crippen LogP contribution in [-0.4, -0.2) is 60.3 Å². The number of halogens is 2. The van der Waals surface area contributed by atoms with E-state index in [0.717, 1.165) is 51.0 Å². The van der Waals surface area contributed by atoms with Crippen molar-refractivity contribution in [3.05, 3.63) is 35.9 Å². The lowest BCUT2D eigenvalue weighted by Gasteiger charge is -2.37. The van der Waals surface area contributed by atoms with Crippen LogP contribution in [0.15, 0.2) is 30.3 Å². The van der Waals surface area contributed by atoms with Gasteiger partial charge in [0.05, 0.1) is 6.10 Å². The normalized spacial score (nSPS) is 24.6. The fourth-order valence-electron chi connectivity index (χ4n) is 3.33. The van der Waals surface area contributed by atoms with E-state index in [4.69, 9.17) is 0 Å². The Hall–Kier alpha value is -0.850. The van der Waals surface area contributed by atoms with Crippen LogP contribution in [0.2, 0.25) is 0 Å². The highest BCUT2D eigenvalue weighted by Gasteiger charge is 2.28. The van der Waals surface area contributed by atoms with Crippen molar-refractivity contribution >= 4 is 30.7 Å². The summed E-state index contributed by atoms with van der Waals surface area (Å²) in [7, 11) is 0. The minimum atomic E-state index is -0.259. The third kappa shape index (κ3) is 5.33. The SMILES string of the molecule is Cl.Cl.O=C(c1ccccc1)N1CCC(N[C@H]2CNCC[C@H]2O)CC1. The standard InChI is InChI=1S/C17H25N3O2.2ClH/c21-16-6-9-18-12-15(16)19-14-7-10-20(11-8-14)17(22)13-4-2-1-3-5-13;;/h1-5,14-16,18-19,21H,6-12H2;2*1H/t15-,16+;;/m0../s1. The molecule has 24 heavy (non-hydrogen) atoms. The van der Waals surface area contributed by atoms with Crippen LogP contribution in [0.4, 0.5) is 0 Å². The van der Waals surface area contributed by atoms with Crippen LogP contribution < -0.4 is 10.6 Å². The Morgan fingerprint density at radius 2 is 1.79 bits per heavy atom. The highest BCUT2D eigenvalue weighted by molar-refractivity contribution is 5.94. The van der Waals surface area contributed by atoms with Crippen molar-refractivity contribution in [1.82, 2.24) is 15.5 Å². The van der Waals surface area contributed by atoms with E-state index in [0.29, 0.717) is 6.04 Å². The average molecular weight is 376 g/mol. The number of carbonyl (C=O) groups excluding carboxylic acids is 1. The second kappa shape index (κ2) is 10.2. The zero-order valence-corrected chi connectivity index (χ0v) is 15.3. The van der Waals surface area contributed by atoms with Crippen LogP contribution in [0.1, 0.15) is 29.6 Å². The van der Waals surface area contributed by atoms with Gasteiger partial charge in [0.25, 0.3) is 5.91 Å². The molecule has 0 radical (unpaired) electrons. The monoisotopic (exact) mass is 375 g/mol.